The van der Waals surface area contributed by atoms with Gasteiger partial charge in [-0.1, -0.05) is 23.7 Å². The standard InChI is InChI=1S/C13H15BrClFN4/c1-7-13(15)11(20(2)19-7)6-10(18-17)8-4-3-5-9(16)12(8)14/h3-5,10,18H,6,17H2,1-2H3. The molecule has 0 spiro atoms. The molecule has 108 valence electrons. The molecule has 4 nitrogen and oxygen atoms in total. The van der Waals surface area contributed by atoms with Gasteiger partial charge in [0.2, 0.25) is 0 Å². The van der Waals surface area contributed by atoms with Crippen LogP contribution in [0.1, 0.15) is 23.0 Å². The number of aromatic nitrogens is 2. The summed E-state index contributed by atoms with van der Waals surface area (Å²) in [5.74, 6) is 5.29. The van der Waals surface area contributed by atoms with E-state index in [-0.39, 0.29) is 11.9 Å². The van der Waals surface area contributed by atoms with E-state index < -0.39 is 0 Å². The van der Waals surface area contributed by atoms with Crippen LogP contribution in [-0.2, 0) is 13.5 Å². The van der Waals surface area contributed by atoms with Crippen LogP contribution in [0.3, 0.4) is 0 Å². The minimum absolute atomic E-state index is 0.271. The Morgan fingerprint density at radius 3 is 2.80 bits per heavy atom. The van der Waals surface area contributed by atoms with E-state index in [4.69, 9.17) is 17.4 Å². The molecule has 7 heteroatoms. The van der Waals surface area contributed by atoms with Crippen molar-refractivity contribution in [2.24, 2.45) is 12.9 Å². The maximum atomic E-state index is 13.6. The zero-order valence-electron chi connectivity index (χ0n) is 11.1. The topological polar surface area (TPSA) is 55.9 Å². The van der Waals surface area contributed by atoms with Gasteiger partial charge in [-0.3, -0.25) is 16.0 Å². The highest BCUT2D eigenvalue weighted by Gasteiger charge is 2.20. The van der Waals surface area contributed by atoms with Crippen LogP contribution in [0.15, 0.2) is 22.7 Å². The van der Waals surface area contributed by atoms with E-state index in [1.54, 1.807) is 10.7 Å². The monoisotopic (exact) mass is 360 g/mol. The number of halogens is 3. The number of benzene rings is 1. The number of rotatable bonds is 4. The van der Waals surface area contributed by atoms with Gasteiger partial charge in [-0.2, -0.15) is 5.10 Å². The Hall–Kier alpha value is -0.950. The Balaban J connectivity index is 2.36. The summed E-state index contributed by atoms with van der Waals surface area (Å²) in [7, 11) is 1.82. The largest absolute Gasteiger partial charge is 0.271 e. The fraction of sp³-hybridized carbons (Fsp3) is 0.308. The normalized spacial score (nSPS) is 12.7. The molecule has 1 atom stereocenters. The third-order valence-electron chi connectivity index (χ3n) is 3.22. The number of hydrazine groups is 1. The number of nitrogens with one attached hydrogen (secondary N) is 1. The summed E-state index contributed by atoms with van der Waals surface area (Å²) >= 11 is 9.49. The Labute approximate surface area is 130 Å². The highest BCUT2D eigenvalue weighted by molar-refractivity contribution is 9.10. The number of hydrogen-bond donors (Lipinski definition) is 2. The second-order valence-electron chi connectivity index (χ2n) is 4.54. The predicted octanol–water partition coefficient (Wildman–Crippen LogP) is 3.03. The van der Waals surface area contributed by atoms with Crippen molar-refractivity contribution < 1.29 is 4.39 Å². The molecule has 0 saturated carbocycles. The van der Waals surface area contributed by atoms with E-state index in [1.165, 1.54) is 6.07 Å². The lowest BCUT2D eigenvalue weighted by molar-refractivity contribution is 0.522. The van der Waals surface area contributed by atoms with E-state index in [0.717, 1.165) is 17.0 Å². The first kappa shape index (κ1) is 15.4. The third-order valence-corrected chi connectivity index (χ3v) is 4.55. The van der Waals surface area contributed by atoms with Gasteiger partial charge in [0.05, 0.1) is 26.9 Å². The lowest BCUT2D eigenvalue weighted by Gasteiger charge is -2.18. The van der Waals surface area contributed by atoms with Crippen molar-refractivity contribution in [3.8, 4) is 0 Å². The molecule has 0 aliphatic heterocycles. The first-order valence-electron chi connectivity index (χ1n) is 6.03. The van der Waals surface area contributed by atoms with Gasteiger partial charge in [0.25, 0.3) is 0 Å². The van der Waals surface area contributed by atoms with Crippen LogP contribution in [0.2, 0.25) is 5.02 Å². The number of nitrogens with two attached hydrogens (primary N) is 1. The van der Waals surface area contributed by atoms with Gasteiger partial charge in [0.15, 0.2) is 0 Å². The third kappa shape index (κ3) is 2.88. The van der Waals surface area contributed by atoms with Crippen LogP contribution in [0.25, 0.3) is 0 Å². The molecule has 0 aliphatic rings. The van der Waals surface area contributed by atoms with Gasteiger partial charge in [-0.05, 0) is 34.5 Å². The first-order valence-corrected chi connectivity index (χ1v) is 7.20. The molecule has 0 amide bonds. The van der Waals surface area contributed by atoms with Gasteiger partial charge in [-0.25, -0.2) is 4.39 Å². The second-order valence-corrected chi connectivity index (χ2v) is 5.71. The Bertz CT molecular complexity index is 629. The maximum absolute atomic E-state index is 13.6. The molecule has 0 saturated heterocycles. The molecule has 0 fully saturated rings. The average molecular weight is 362 g/mol. The summed E-state index contributed by atoms with van der Waals surface area (Å²) < 4.78 is 15.7. The Morgan fingerprint density at radius 1 is 1.55 bits per heavy atom. The average Bonchev–Trinajstić information content (AvgIpc) is 2.65. The zero-order chi connectivity index (χ0) is 14.9. The van der Waals surface area contributed by atoms with Gasteiger partial charge in [0, 0.05) is 13.5 Å². The van der Waals surface area contributed by atoms with E-state index in [0.29, 0.717) is 15.9 Å². The summed E-state index contributed by atoms with van der Waals surface area (Å²) in [6.07, 6.45) is 0.509. The quantitative estimate of drug-likeness (QED) is 0.650. The molecular weight excluding hydrogens is 347 g/mol. The summed E-state index contributed by atoms with van der Waals surface area (Å²) in [5.41, 5.74) is 5.05. The first-order chi connectivity index (χ1) is 9.45. The van der Waals surface area contributed by atoms with Crippen LogP contribution in [-0.4, -0.2) is 9.78 Å². The maximum Gasteiger partial charge on any atom is 0.137 e. The van der Waals surface area contributed by atoms with Crippen molar-refractivity contribution in [3.63, 3.8) is 0 Å². The van der Waals surface area contributed by atoms with E-state index in [2.05, 4.69) is 26.5 Å². The van der Waals surface area contributed by atoms with Crippen LogP contribution < -0.4 is 11.3 Å². The fourth-order valence-corrected chi connectivity index (χ4v) is 2.92. The number of aryl methyl sites for hydroxylation is 2. The molecule has 20 heavy (non-hydrogen) atoms. The van der Waals surface area contributed by atoms with E-state index >= 15 is 0 Å². The SMILES string of the molecule is Cc1nn(C)c(CC(NN)c2cccc(F)c2Br)c1Cl. The summed E-state index contributed by atoms with van der Waals surface area (Å²) in [6.45, 7) is 1.84. The summed E-state index contributed by atoms with van der Waals surface area (Å²) in [6, 6.07) is 4.58. The van der Waals surface area contributed by atoms with Crippen LogP contribution in [0.5, 0.6) is 0 Å². The van der Waals surface area contributed by atoms with Crippen LogP contribution in [0, 0.1) is 12.7 Å². The van der Waals surface area contributed by atoms with Crippen LogP contribution >= 0.6 is 27.5 Å². The van der Waals surface area contributed by atoms with Crippen molar-refractivity contribution in [2.75, 3.05) is 0 Å². The minimum Gasteiger partial charge on any atom is -0.271 e. The molecule has 1 aromatic heterocycles. The molecule has 0 bridgehead atoms. The molecule has 1 unspecified atom stereocenters. The number of hydrogen-bond acceptors (Lipinski definition) is 3. The molecule has 1 heterocycles. The van der Waals surface area contributed by atoms with E-state index in [9.17, 15) is 4.39 Å². The molecule has 0 aliphatic carbocycles. The second kappa shape index (κ2) is 6.22. The molecule has 0 radical (unpaired) electrons. The minimum atomic E-state index is -0.324. The van der Waals surface area contributed by atoms with Gasteiger partial charge < -0.3 is 0 Å². The van der Waals surface area contributed by atoms with Gasteiger partial charge in [-0.15, -0.1) is 0 Å². The van der Waals surface area contributed by atoms with Crippen molar-refractivity contribution in [2.45, 2.75) is 19.4 Å². The lowest BCUT2D eigenvalue weighted by Crippen LogP contribution is -2.30. The summed E-state index contributed by atoms with van der Waals surface area (Å²) in [4.78, 5) is 0. The fourth-order valence-electron chi connectivity index (χ4n) is 2.14. The lowest BCUT2D eigenvalue weighted by atomic mass is 10.0. The van der Waals surface area contributed by atoms with Crippen molar-refractivity contribution in [3.05, 3.63) is 50.5 Å². The van der Waals surface area contributed by atoms with E-state index in [1.807, 2.05) is 20.0 Å². The smallest absolute Gasteiger partial charge is 0.137 e. The molecule has 1 aromatic carbocycles. The van der Waals surface area contributed by atoms with Gasteiger partial charge >= 0.3 is 0 Å². The molecule has 2 aromatic rings. The Kier molecular flexibility index (Phi) is 4.80. The molecular formula is C13H15BrClFN4. The molecule has 3 N–H and O–H groups in total. The Morgan fingerprint density at radius 2 is 2.25 bits per heavy atom. The van der Waals surface area contributed by atoms with Crippen molar-refractivity contribution in [1.29, 1.82) is 0 Å². The highest BCUT2D eigenvalue weighted by atomic mass is 79.9. The van der Waals surface area contributed by atoms with Gasteiger partial charge in [0.1, 0.15) is 5.82 Å². The summed E-state index contributed by atoms with van der Waals surface area (Å²) in [5, 5.41) is 4.87. The van der Waals surface area contributed by atoms with Crippen molar-refractivity contribution in [1.82, 2.24) is 15.2 Å². The van der Waals surface area contributed by atoms with Crippen LogP contribution in [0.4, 0.5) is 4.39 Å². The molecule has 2 rings (SSSR count). The highest BCUT2D eigenvalue weighted by Crippen LogP contribution is 2.30. The zero-order valence-corrected chi connectivity index (χ0v) is 13.5. The van der Waals surface area contributed by atoms with Crippen molar-refractivity contribution >= 4 is 27.5 Å². The number of nitrogens with zero attached hydrogens (tertiary/aromatic N) is 2. The predicted molar refractivity (Wildman–Crippen MR) is 80.8 cm³/mol.